The zero-order valence-electron chi connectivity index (χ0n) is 18.1. The van der Waals surface area contributed by atoms with Crippen LogP contribution in [0.1, 0.15) is 42.3 Å². The number of anilines is 1. The van der Waals surface area contributed by atoms with Gasteiger partial charge in [-0.2, -0.15) is 0 Å². The van der Waals surface area contributed by atoms with Crippen LogP contribution in [0.2, 0.25) is 0 Å². The molecule has 3 aromatic rings. The van der Waals surface area contributed by atoms with E-state index in [1.807, 2.05) is 0 Å². The Bertz CT molecular complexity index is 1170. The first-order valence-electron chi connectivity index (χ1n) is 10.2. The number of esters is 1. The fourth-order valence-electron chi connectivity index (χ4n) is 3.72. The highest BCUT2D eigenvalue weighted by Gasteiger charge is 2.58. The zero-order chi connectivity index (χ0) is 22.9. The fourth-order valence-corrected chi connectivity index (χ4v) is 3.72. The Hall–Kier alpha value is -3.93. The van der Waals surface area contributed by atoms with Crippen LogP contribution in [0.15, 0.2) is 84.9 Å². The highest BCUT2D eigenvalue weighted by Crippen LogP contribution is 2.47. The Labute approximate surface area is 186 Å². The molecule has 0 bridgehead atoms. The van der Waals surface area contributed by atoms with Crippen molar-refractivity contribution in [3.63, 3.8) is 0 Å². The van der Waals surface area contributed by atoms with E-state index in [-0.39, 0.29) is 0 Å². The van der Waals surface area contributed by atoms with E-state index >= 15 is 0 Å². The molecule has 0 aliphatic carbocycles. The SMILES string of the molecule is CC(C)(C)OC(=O)N1C(=O)[C@](OC(=O)c2ccccc2)(c2ccccc2)c2ccccc21. The molecule has 3 aromatic carbocycles. The molecule has 1 atom stereocenters. The summed E-state index contributed by atoms with van der Waals surface area (Å²) in [7, 11) is 0. The molecule has 1 heterocycles. The van der Waals surface area contributed by atoms with Crippen LogP contribution >= 0.6 is 0 Å². The Morgan fingerprint density at radius 3 is 2.00 bits per heavy atom. The molecule has 6 nitrogen and oxygen atoms in total. The van der Waals surface area contributed by atoms with E-state index in [2.05, 4.69) is 0 Å². The molecule has 0 saturated heterocycles. The second-order valence-corrected chi connectivity index (χ2v) is 8.44. The van der Waals surface area contributed by atoms with Crippen LogP contribution in [-0.4, -0.2) is 23.6 Å². The van der Waals surface area contributed by atoms with Gasteiger partial charge in [-0.25, -0.2) is 14.5 Å². The summed E-state index contributed by atoms with van der Waals surface area (Å²) in [4.78, 5) is 41.1. The van der Waals surface area contributed by atoms with E-state index in [4.69, 9.17) is 9.47 Å². The van der Waals surface area contributed by atoms with Crippen LogP contribution in [0, 0.1) is 0 Å². The van der Waals surface area contributed by atoms with Crippen molar-refractivity contribution in [1.29, 1.82) is 0 Å². The maximum Gasteiger partial charge on any atom is 0.421 e. The van der Waals surface area contributed by atoms with Crippen LogP contribution in [0.25, 0.3) is 0 Å². The Morgan fingerprint density at radius 1 is 0.812 bits per heavy atom. The van der Waals surface area contributed by atoms with Crippen molar-refractivity contribution in [2.75, 3.05) is 4.90 Å². The van der Waals surface area contributed by atoms with Crippen molar-refractivity contribution in [3.05, 3.63) is 102 Å². The molecule has 0 fully saturated rings. The van der Waals surface area contributed by atoms with Gasteiger partial charge < -0.3 is 9.47 Å². The molecular formula is C26H23NO5. The summed E-state index contributed by atoms with van der Waals surface area (Å²) in [5.74, 6) is -1.38. The van der Waals surface area contributed by atoms with Crippen LogP contribution in [0.4, 0.5) is 10.5 Å². The van der Waals surface area contributed by atoms with Gasteiger partial charge in [0, 0.05) is 11.1 Å². The lowest BCUT2D eigenvalue weighted by molar-refractivity contribution is -0.133. The van der Waals surface area contributed by atoms with E-state index in [0.29, 0.717) is 22.4 Å². The third-order valence-electron chi connectivity index (χ3n) is 5.04. The van der Waals surface area contributed by atoms with E-state index in [0.717, 1.165) is 4.90 Å². The van der Waals surface area contributed by atoms with Gasteiger partial charge >= 0.3 is 12.1 Å². The highest BCUT2D eigenvalue weighted by atomic mass is 16.6. The highest BCUT2D eigenvalue weighted by molar-refractivity contribution is 6.22. The number of ether oxygens (including phenoxy) is 2. The minimum Gasteiger partial charge on any atom is -0.443 e. The topological polar surface area (TPSA) is 72.9 Å². The summed E-state index contributed by atoms with van der Waals surface area (Å²) >= 11 is 0. The number of carbonyl (C=O) groups is 3. The van der Waals surface area contributed by atoms with E-state index in [1.165, 1.54) is 0 Å². The van der Waals surface area contributed by atoms with Crippen LogP contribution in [0.3, 0.4) is 0 Å². The molecular weight excluding hydrogens is 406 g/mol. The number of rotatable bonds is 3. The van der Waals surface area contributed by atoms with Gasteiger partial charge in [0.2, 0.25) is 5.60 Å². The lowest BCUT2D eigenvalue weighted by Gasteiger charge is -2.29. The van der Waals surface area contributed by atoms with Crippen molar-refractivity contribution in [2.24, 2.45) is 0 Å². The normalized spacial score (nSPS) is 17.6. The number of hydrogen-bond donors (Lipinski definition) is 0. The molecule has 0 radical (unpaired) electrons. The Balaban J connectivity index is 1.89. The standard InChI is InChI=1S/C26H23NO5/c1-25(2,3)32-24(30)27-21-17-11-10-16-20(21)26(23(27)29,19-14-8-5-9-15-19)31-22(28)18-12-6-4-7-13-18/h4-17H,1-3H3/t26-/m0/s1. The van der Waals surface area contributed by atoms with Crippen molar-refractivity contribution in [1.82, 2.24) is 0 Å². The van der Waals surface area contributed by atoms with Crippen LogP contribution < -0.4 is 4.90 Å². The molecule has 0 aromatic heterocycles. The monoisotopic (exact) mass is 429 g/mol. The number of carbonyl (C=O) groups excluding carboxylic acids is 3. The van der Waals surface area contributed by atoms with Gasteiger partial charge in [0.15, 0.2) is 0 Å². The number of hydrogen-bond acceptors (Lipinski definition) is 5. The van der Waals surface area contributed by atoms with Gasteiger partial charge in [0.05, 0.1) is 11.3 Å². The minimum absolute atomic E-state index is 0.295. The molecule has 6 heteroatoms. The van der Waals surface area contributed by atoms with Gasteiger partial charge in [-0.3, -0.25) is 4.79 Å². The largest absolute Gasteiger partial charge is 0.443 e. The van der Waals surface area contributed by atoms with Crippen molar-refractivity contribution in [2.45, 2.75) is 32.0 Å². The first-order valence-corrected chi connectivity index (χ1v) is 10.2. The van der Waals surface area contributed by atoms with Gasteiger partial charge in [0.1, 0.15) is 5.60 Å². The first-order chi connectivity index (χ1) is 15.2. The summed E-state index contributed by atoms with van der Waals surface area (Å²) in [5.41, 5.74) is -1.20. The molecule has 1 aliphatic rings. The van der Waals surface area contributed by atoms with Crippen molar-refractivity contribution >= 4 is 23.7 Å². The smallest absolute Gasteiger partial charge is 0.421 e. The predicted octanol–water partition coefficient (Wildman–Crippen LogP) is 5.07. The summed E-state index contributed by atoms with van der Waals surface area (Å²) in [5, 5.41) is 0. The first kappa shape index (κ1) is 21.3. The third kappa shape index (κ3) is 3.64. The van der Waals surface area contributed by atoms with Crippen LogP contribution in [-0.2, 0) is 19.9 Å². The third-order valence-corrected chi connectivity index (χ3v) is 5.04. The number of imide groups is 1. The second kappa shape index (κ2) is 7.96. The minimum atomic E-state index is -1.83. The maximum atomic E-state index is 13.9. The Kier molecular flexibility index (Phi) is 5.30. The number of para-hydroxylation sites is 1. The van der Waals surface area contributed by atoms with Crippen molar-refractivity contribution < 1.29 is 23.9 Å². The van der Waals surface area contributed by atoms with E-state index in [1.54, 1.807) is 106 Å². The average Bonchev–Trinajstić information content (AvgIpc) is 3.02. The molecule has 0 N–H and O–H groups in total. The molecule has 1 aliphatic heterocycles. The molecule has 32 heavy (non-hydrogen) atoms. The van der Waals surface area contributed by atoms with Crippen molar-refractivity contribution in [3.8, 4) is 0 Å². The summed E-state index contributed by atoms with van der Waals surface area (Å²) in [6.45, 7) is 5.16. The van der Waals surface area contributed by atoms with Gasteiger partial charge in [-0.05, 0) is 39.0 Å². The van der Waals surface area contributed by atoms with Gasteiger partial charge in [-0.1, -0.05) is 66.7 Å². The second-order valence-electron chi connectivity index (χ2n) is 8.44. The number of amides is 2. The zero-order valence-corrected chi connectivity index (χ0v) is 18.1. The number of fused-ring (bicyclic) bond motifs is 1. The molecule has 0 unspecified atom stereocenters. The van der Waals surface area contributed by atoms with E-state index < -0.39 is 29.2 Å². The number of benzene rings is 3. The van der Waals surface area contributed by atoms with E-state index in [9.17, 15) is 14.4 Å². The van der Waals surface area contributed by atoms with Gasteiger partial charge in [0.25, 0.3) is 5.91 Å². The summed E-state index contributed by atoms with van der Waals surface area (Å²) in [6.07, 6.45) is -0.830. The number of nitrogens with zero attached hydrogens (tertiary/aromatic N) is 1. The molecule has 0 saturated carbocycles. The molecule has 4 rings (SSSR count). The lowest BCUT2D eigenvalue weighted by atomic mass is 9.87. The molecule has 0 spiro atoms. The summed E-state index contributed by atoms with van der Waals surface area (Å²) in [6, 6.07) is 23.9. The quantitative estimate of drug-likeness (QED) is 0.544. The van der Waals surface area contributed by atoms with Gasteiger partial charge in [-0.15, -0.1) is 0 Å². The predicted molar refractivity (Wildman–Crippen MR) is 119 cm³/mol. The average molecular weight is 429 g/mol. The Morgan fingerprint density at radius 2 is 1.38 bits per heavy atom. The molecule has 2 amide bonds. The fraction of sp³-hybridized carbons (Fsp3) is 0.192. The van der Waals surface area contributed by atoms with Crippen LogP contribution in [0.5, 0.6) is 0 Å². The lowest BCUT2D eigenvalue weighted by Crippen LogP contribution is -2.48. The molecule has 162 valence electrons. The maximum absolute atomic E-state index is 13.9. The summed E-state index contributed by atoms with van der Waals surface area (Å²) < 4.78 is 11.5.